The third kappa shape index (κ3) is 5.01. The van der Waals surface area contributed by atoms with Gasteiger partial charge in [0.15, 0.2) is 0 Å². The van der Waals surface area contributed by atoms with Crippen molar-refractivity contribution < 1.29 is 23.4 Å². The van der Waals surface area contributed by atoms with Crippen LogP contribution in [0.25, 0.3) is 0 Å². The highest BCUT2D eigenvalue weighted by Gasteiger charge is 2.14. The number of benzene rings is 1. The molecule has 1 aliphatic rings. The van der Waals surface area contributed by atoms with Crippen LogP contribution in [0.5, 0.6) is 5.75 Å². The van der Waals surface area contributed by atoms with E-state index in [2.05, 4.69) is 4.74 Å². The Labute approximate surface area is 124 Å². The number of halogens is 1. The lowest BCUT2D eigenvalue weighted by Crippen LogP contribution is -2.17. The first-order chi connectivity index (χ1) is 10.2. The molecule has 0 atom stereocenters. The first kappa shape index (κ1) is 15.8. The van der Waals surface area contributed by atoms with Gasteiger partial charge in [0.1, 0.15) is 11.6 Å². The van der Waals surface area contributed by atoms with Gasteiger partial charge in [0.25, 0.3) is 0 Å². The molecule has 2 rings (SSSR count). The fourth-order valence-corrected chi connectivity index (χ4v) is 2.37. The summed E-state index contributed by atoms with van der Waals surface area (Å²) in [5, 5.41) is 0. The second-order valence-corrected chi connectivity index (χ2v) is 5.20. The van der Waals surface area contributed by atoms with Crippen LogP contribution < -0.4 is 4.74 Å². The van der Waals surface area contributed by atoms with E-state index in [4.69, 9.17) is 9.47 Å². The molecule has 1 aromatic rings. The van der Waals surface area contributed by atoms with Crippen LogP contribution >= 0.6 is 0 Å². The molecule has 1 heterocycles. The van der Waals surface area contributed by atoms with E-state index >= 15 is 0 Å². The predicted molar refractivity (Wildman–Crippen MR) is 75.8 cm³/mol. The Kier molecular flexibility index (Phi) is 5.99. The molecule has 0 aliphatic carbocycles. The Morgan fingerprint density at radius 3 is 2.81 bits per heavy atom. The Morgan fingerprint density at radius 2 is 2.14 bits per heavy atom. The molecule has 4 nitrogen and oxygen atoms in total. The summed E-state index contributed by atoms with van der Waals surface area (Å²) >= 11 is 0. The van der Waals surface area contributed by atoms with Gasteiger partial charge in [0, 0.05) is 19.3 Å². The summed E-state index contributed by atoms with van der Waals surface area (Å²) < 4.78 is 29.2. The molecule has 0 bridgehead atoms. The van der Waals surface area contributed by atoms with Gasteiger partial charge in [-0.25, -0.2) is 4.39 Å². The quantitative estimate of drug-likeness (QED) is 0.757. The maximum absolute atomic E-state index is 13.8. The van der Waals surface area contributed by atoms with Crippen LogP contribution in [-0.2, 0) is 20.7 Å². The fraction of sp³-hybridized carbons (Fsp3) is 0.562. The molecule has 116 valence electrons. The first-order valence-electron chi connectivity index (χ1n) is 7.25. The van der Waals surface area contributed by atoms with Gasteiger partial charge in [-0.05, 0) is 36.8 Å². The van der Waals surface area contributed by atoms with Crippen molar-refractivity contribution in [3.63, 3.8) is 0 Å². The third-order valence-corrected chi connectivity index (χ3v) is 3.72. The molecular weight excluding hydrogens is 275 g/mol. The van der Waals surface area contributed by atoms with E-state index in [0.29, 0.717) is 23.8 Å². The van der Waals surface area contributed by atoms with Gasteiger partial charge >= 0.3 is 5.97 Å². The van der Waals surface area contributed by atoms with Crippen molar-refractivity contribution >= 4 is 5.97 Å². The van der Waals surface area contributed by atoms with Crippen LogP contribution in [0.4, 0.5) is 4.39 Å². The minimum absolute atomic E-state index is 0.0648. The molecule has 0 saturated carbocycles. The summed E-state index contributed by atoms with van der Waals surface area (Å²) in [5.41, 5.74) is 0.318. The summed E-state index contributed by atoms with van der Waals surface area (Å²) in [4.78, 5) is 11.1. The minimum Gasteiger partial charge on any atom is -0.493 e. The van der Waals surface area contributed by atoms with Gasteiger partial charge in [-0.1, -0.05) is 6.07 Å². The lowest BCUT2D eigenvalue weighted by molar-refractivity contribution is -0.139. The van der Waals surface area contributed by atoms with E-state index in [1.54, 1.807) is 12.1 Å². The number of carbonyl (C=O) groups is 1. The van der Waals surface area contributed by atoms with Gasteiger partial charge in [0.05, 0.1) is 20.1 Å². The topological polar surface area (TPSA) is 44.8 Å². The maximum atomic E-state index is 13.8. The highest BCUT2D eigenvalue weighted by Crippen LogP contribution is 2.21. The molecule has 1 saturated heterocycles. The zero-order valence-corrected chi connectivity index (χ0v) is 12.3. The van der Waals surface area contributed by atoms with Crippen molar-refractivity contribution in [3.05, 3.63) is 29.6 Å². The molecule has 0 spiro atoms. The number of carbonyl (C=O) groups excluding carboxylic acids is 1. The van der Waals surface area contributed by atoms with Crippen molar-refractivity contribution in [1.82, 2.24) is 0 Å². The molecule has 0 unspecified atom stereocenters. The summed E-state index contributed by atoms with van der Waals surface area (Å²) in [6.07, 6.45) is 3.02. The Morgan fingerprint density at radius 1 is 1.38 bits per heavy atom. The van der Waals surface area contributed by atoms with Crippen molar-refractivity contribution in [1.29, 1.82) is 0 Å². The first-order valence-corrected chi connectivity index (χ1v) is 7.25. The van der Waals surface area contributed by atoms with Crippen molar-refractivity contribution in [2.45, 2.75) is 25.7 Å². The zero-order valence-electron chi connectivity index (χ0n) is 12.3. The van der Waals surface area contributed by atoms with Crippen LogP contribution in [0.1, 0.15) is 24.8 Å². The minimum atomic E-state index is -0.456. The second kappa shape index (κ2) is 7.98. The number of methoxy groups -OCH3 is 1. The number of rotatable bonds is 6. The van der Waals surface area contributed by atoms with Crippen LogP contribution in [0.3, 0.4) is 0 Å². The molecule has 1 aliphatic heterocycles. The SMILES string of the molecule is COC(=O)Cc1ccc(OCCC2CCOCC2)cc1F. The Hall–Kier alpha value is -1.62. The van der Waals surface area contributed by atoms with Gasteiger partial charge < -0.3 is 14.2 Å². The Bertz CT molecular complexity index is 469. The number of hydrogen-bond acceptors (Lipinski definition) is 4. The lowest BCUT2D eigenvalue weighted by atomic mass is 9.97. The molecule has 5 heteroatoms. The lowest BCUT2D eigenvalue weighted by Gasteiger charge is -2.21. The van der Waals surface area contributed by atoms with E-state index < -0.39 is 11.8 Å². The molecule has 0 amide bonds. The average Bonchev–Trinajstić information content (AvgIpc) is 2.51. The molecule has 21 heavy (non-hydrogen) atoms. The zero-order chi connectivity index (χ0) is 15.1. The summed E-state index contributed by atoms with van der Waals surface area (Å²) in [7, 11) is 1.29. The van der Waals surface area contributed by atoms with Crippen LogP contribution in [0.15, 0.2) is 18.2 Å². The van der Waals surface area contributed by atoms with Gasteiger partial charge in [0.2, 0.25) is 0 Å². The summed E-state index contributed by atoms with van der Waals surface area (Å²) in [6.45, 7) is 2.21. The van der Waals surface area contributed by atoms with Gasteiger partial charge in [-0.3, -0.25) is 4.79 Å². The standard InChI is InChI=1S/C16H21FO4/c1-19-16(18)10-13-2-3-14(11-15(13)17)21-9-6-12-4-7-20-8-5-12/h2-3,11-12H,4-10H2,1H3. The average molecular weight is 296 g/mol. The van der Waals surface area contributed by atoms with Crippen LogP contribution in [0.2, 0.25) is 0 Å². The molecular formula is C16H21FO4. The largest absolute Gasteiger partial charge is 0.493 e. The van der Waals surface area contributed by atoms with E-state index in [1.807, 2.05) is 0 Å². The fourth-order valence-electron chi connectivity index (χ4n) is 2.37. The van der Waals surface area contributed by atoms with Crippen molar-refractivity contribution in [3.8, 4) is 5.75 Å². The third-order valence-electron chi connectivity index (χ3n) is 3.72. The van der Waals surface area contributed by atoms with E-state index in [-0.39, 0.29) is 6.42 Å². The van der Waals surface area contributed by atoms with Gasteiger partial charge in [-0.15, -0.1) is 0 Å². The maximum Gasteiger partial charge on any atom is 0.310 e. The van der Waals surface area contributed by atoms with Gasteiger partial charge in [-0.2, -0.15) is 0 Å². The smallest absolute Gasteiger partial charge is 0.310 e. The van der Waals surface area contributed by atoms with E-state index in [9.17, 15) is 9.18 Å². The highest BCUT2D eigenvalue weighted by molar-refractivity contribution is 5.72. The van der Waals surface area contributed by atoms with Crippen molar-refractivity contribution in [2.75, 3.05) is 26.9 Å². The van der Waals surface area contributed by atoms with Crippen LogP contribution in [0, 0.1) is 11.7 Å². The molecule has 0 aromatic heterocycles. The summed E-state index contributed by atoms with van der Waals surface area (Å²) in [6, 6.07) is 4.57. The summed E-state index contributed by atoms with van der Waals surface area (Å²) in [5.74, 6) is 0.224. The monoisotopic (exact) mass is 296 g/mol. The van der Waals surface area contributed by atoms with E-state index in [0.717, 1.165) is 32.5 Å². The molecule has 1 fully saturated rings. The second-order valence-electron chi connectivity index (χ2n) is 5.20. The van der Waals surface area contributed by atoms with E-state index in [1.165, 1.54) is 13.2 Å². The normalized spacial score (nSPS) is 15.7. The molecule has 0 N–H and O–H groups in total. The van der Waals surface area contributed by atoms with Crippen molar-refractivity contribution in [2.24, 2.45) is 5.92 Å². The Balaban J connectivity index is 1.80. The number of hydrogen-bond donors (Lipinski definition) is 0. The predicted octanol–water partition coefficient (Wildman–Crippen LogP) is 2.74. The molecule has 0 radical (unpaired) electrons. The van der Waals surface area contributed by atoms with Crippen LogP contribution in [-0.4, -0.2) is 32.9 Å². The number of esters is 1. The highest BCUT2D eigenvalue weighted by atomic mass is 19.1. The molecule has 1 aromatic carbocycles. The number of ether oxygens (including phenoxy) is 3.